The van der Waals surface area contributed by atoms with E-state index in [2.05, 4.69) is 17.6 Å². The van der Waals surface area contributed by atoms with Crippen molar-refractivity contribution in [2.24, 2.45) is 0 Å². The highest BCUT2D eigenvalue weighted by Gasteiger charge is 2.26. The van der Waals surface area contributed by atoms with Crippen LogP contribution in [0.5, 0.6) is 0 Å². The molecule has 1 aromatic rings. The van der Waals surface area contributed by atoms with Crippen LogP contribution < -0.4 is 10.6 Å². The average molecular weight is 235 g/mol. The van der Waals surface area contributed by atoms with Crippen molar-refractivity contribution in [1.82, 2.24) is 15.6 Å². The SMILES string of the molecule is Cc1oc(C2CCNC2)nc1C1CCCNC1. The zero-order valence-electron chi connectivity index (χ0n) is 10.5. The number of rotatable bonds is 2. The molecule has 4 heteroatoms. The predicted octanol–water partition coefficient (Wildman–Crippen LogP) is 1.53. The van der Waals surface area contributed by atoms with Gasteiger partial charge in [0.15, 0.2) is 5.89 Å². The maximum absolute atomic E-state index is 5.87. The Morgan fingerprint density at radius 3 is 2.65 bits per heavy atom. The van der Waals surface area contributed by atoms with E-state index < -0.39 is 0 Å². The molecule has 2 N–H and O–H groups in total. The van der Waals surface area contributed by atoms with E-state index in [0.717, 1.165) is 44.3 Å². The van der Waals surface area contributed by atoms with E-state index in [9.17, 15) is 0 Å². The molecule has 0 amide bonds. The highest BCUT2D eigenvalue weighted by molar-refractivity contribution is 5.17. The van der Waals surface area contributed by atoms with Crippen LogP contribution in [0.25, 0.3) is 0 Å². The lowest BCUT2D eigenvalue weighted by Gasteiger charge is -2.21. The summed E-state index contributed by atoms with van der Waals surface area (Å²) in [6.07, 6.45) is 3.64. The van der Waals surface area contributed by atoms with Crippen LogP contribution in [0.3, 0.4) is 0 Å². The van der Waals surface area contributed by atoms with E-state index in [1.807, 2.05) is 0 Å². The Hall–Kier alpha value is -0.870. The van der Waals surface area contributed by atoms with Gasteiger partial charge in [0.05, 0.1) is 5.69 Å². The van der Waals surface area contributed by atoms with Crippen LogP contribution in [0, 0.1) is 6.92 Å². The molecule has 0 spiro atoms. The molecule has 0 aromatic carbocycles. The molecule has 3 heterocycles. The second-order valence-electron chi connectivity index (χ2n) is 5.23. The lowest BCUT2D eigenvalue weighted by atomic mass is 9.95. The van der Waals surface area contributed by atoms with Crippen molar-refractivity contribution in [3.8, 4) is 0 Å². The zero-order chi connectivity index (χ0) is 11.7. The molecule has 0 saturated carbocycles. The van der Waals surface area contributed by atoms with Crippen molar-refractivity contribution in [3.63, 3.8) is 0 Å². The largest absolute Gasteiger partial charge is 0.445 e. The summed E-state index contributed by atoms with van der Waals surface area (Å²) in [6, 6.07) is 0. The number of aryl methyl sites for hydroxylation is 1. The lowest BCUT2D eigenvalue weighted by molar-refractivity contribution is 0.431. The second-order valence-corrected chi connectivity index (χ2v) is 5.23. The molecule has 0 radical (unpaired) electrons. The Morgan fingerprint density at radius 1 is 1.12 bits per heavy atom. The Kier molecular flexibility index (Phi) is 3.16. The van der Waals surface area contributed by atoms with E-state index in [0.29, 0.717) is 11.8 Å². The van der Waals surface area contributed by atoms with Gasteiger partial charge in [-0.15, -0.1) is 0 Å². The normalized spacial score (nSPS) is 29.7. The minimum atomic E-state index is 0.485. The highest BCUT2D eigenvalue weighted by atomic mass is 16.4. The molecule has 3 rings (SSSR count). The number of nitrogens with zero attached hydrogens (tertiary/aromatic N) is 1. The van der Waals surface area contributed by atoms with Gasteiger partial charge in [0.2, 0.25) is 0 Å². The van der Waals surface area contributed by atoms with Gasteiger partial charge in [0, 0.05) is 24.9 Å². The fourth-order valence-corrected chi connectivity index (χ4v) is 2.93. The summed E-state index contributed by atoms with van der Waals surface area (Å²) in [5, 5.41) is 6.81. The van der Waals surface area contributed by atoms with Gasteiger partial charge in [-0.2, -0.15) is 0 Å². The average Bonchev–Trinajstić information content (AvgIpc) is 2.99. The molecule has 1 aromatic heterocycles. The first-order valence-corrected chi connectivity index (χ1v) is 6.73. The van der Waals surface area contributed by atoms with Crippen LogP contribution in [0.1, 0.15) is 48.4 Å². The molecular formula is C13H21N3O. The molecule has 2 atom stereocenters. The van der Waals surface area contributed by atoms with Gasteiger partial charge in [-0.05, 0) is 39.3 Å². The third-order valence-electron chi connectivity index (χ3n) is 3.94. The van der Waals surface area contributed by atoms with E-state index in [1.54, 1.807) is 0 Å². The van der Waals surface area contributed by atoms with Crippen molar-refractivity contribution < 1.29 is 4.42 Å². The summed E-state index contributed by atoms with van der Waals surface area (Å²) in [5.41, 5.74) is 1.19. The standard InChI is InChI=1S/C13H21N3O/c1-9-12(10-3-2-5-14-7-10)16-13(17-9)11-4-6-15-8-11/h10-11,14-15H,2-8H2,1H3. The second kappa shape index (κ2) is 4.78. The lowest BCUT2D eigenvalue weighted by Crippen LogP contribution is -2.28. The van der Waals surface area contributed by atoms with E-state index >= 15 is 0 Å². The van der Waals surface area contributed by atoms with Gasteiger partial charge in [-0.1, -0.05) is 0 Å². The van der Waals surface area contributed by atoms with Gasteiger partial charge in [0.25, 0.3) is 0 Å². The highest BCUT2D eigenvalue weighted by Crippen LogP contribution is 2.30. The quantitative estimate of drug-likeness (QED) is 0.816. The minimum Gasteiger partial charge on any atom is -0.445 e. The smallest absolute Gasteiger partial charge is 0.199 e. The third kappa shape index (κ3) is 2.24. The number of oxazole rings is 1. The number of hydrogen-bond acceptors (Lipinski definition) is 4. The molecule has 2 fully saturated rings. The molecule has 2 aliphatic rings. The van der Waals surface area contributed by atoms with Crippen molar-refractivity contribution >= 4 is 0 Å². The van der Waals surface area contributed by atoms with Crippen LogP contribution in [-0.4, -0.2) is 31.2 Å². The molecule has 2 saturated heterocycles. The number of aromatic nitrogens is 1. The number of hydrogen-bond donors (Lipinski definition) is 2. The summed E-state index contributed by atoms with van der Waals surface area (Å²) in [4.78, 5) is 4.77. The van der Waals surface area contributed by atoms with Crippen LogP contribution in [0.4, 0.5) is 0 Å². The van der Waals surface area contributed by atoms with E-state index in [-0.39, 0.29) is 0 Å². The summed E-state index contributed by atoms with van der Waals surface area (Å²) in [7, 11) is 0. The Labute approximate surface area is 102 Å². The van der Waals surface area contributed by atoms with E-state index in [4.69, 9.17) is 9.40 Å². The maximum atomic E-state index is 5.87. The summed E-state index contributed by atoms with van der Waals surface area (Å²) in [6.45, 7) is 6.36. The van der Waals surface area contributed by atoms with Crippen LogP contribution in [0.2, 0.25) is 0 Å². The number of nitrogens with one attached hydrogen (secondary N) is 2. The van der Waals surface area contributed by atoms with Crippen molar-refractivity contribution in [1.29, 1.82) is 0 Å². The molecule has 0 bridgehead atoms. The first-order valence-electron chi connectivity index (χ1n) is 6.73. The van der Waals surface area contributed by atoms with E-state index in [1.165, 1.54) is 18.5 Å². The fraction of sp³-hybridized carbons (Fsp3) is 0.769. The van der Waals surface area contributed by atoms with Gasteiger partial charge in [-0.3, -0.25) is 0 Å². The first-order chi connectivity index (χ1) is 8.34. The molecule has 4 nitrogen and oxygen atoms in total. The monoisotopic (exact) mass is 235 g/mol. The third-order valence-corrected chi connectivity index (χ3v) is 3.94. The molecule has 2 aliphatic heterocycles. The molecule has 94 valence electrons. The fourth-order valence-electron chi connectivity index (χ4n) is 2.93. The van der Waals surface area contributed by atoms with Gasteiger partial charge in [-0.25, -0.2) is 4.98 Å². The van der Waals surface area contributed by atoms with Crippen molar-refractivity contribution in [3.05, 3.63) is 17.3 Å². The van der Waals surface area contributed by atoms with Crippen LogP contribution in [-0.2, 0) is 0 Å². The van der Waals surface area contributed by atoms with Gasteiger partial charge < -0.3 is 15.1 Å². The summed E-state index contributed by atoms with van der Waals surface area (Å²) < 4.78 is 5.87. The number of piperidine rings is 1. The van der Waals surface area contributed by atoms with Crippen LogP contribution in [0.15, 0.2) is 4.42 Å². The Bertz CT molecular complexity index is 376. The maximum Gasteiger partial charge on any atom is 0.199 e. The molecule has 0 aliphatic carbocycles. The topological polar surface area (TPSA) is 50.1 Å². The molecule has 17 heavy (non-hydrogen) atoms. The summed E-state index contributed by atoms with van der Waals surface area (Å²) in [5.74, 6) is 3.02. The van der Waals surface area contributed by atoms with Crippen molar-refractivity contribution in [2.45, 2.75) is 38.0 Å². The van der Waals surface area contributed by atoms with Gasteiger partial charge in [0.1, 0.15) is 5.76 Å². The molecular weight excluding hydrogens is 214 g/mol. The Balaban J connectivity index is 1.79. The Morgan fingerprint density at radius 2 is 1.94 bits per heavy atom. The summed E-state index contributed by atoms with van der Waals surface area (Å²) >= 11 is 0. The van der Waals surface area contributed by atoms with Crippen LogP contribution >= 0.6 is 0 Å². The zero-order valence-corrected chi connectivity index (χ0v) is 10.5. The predicted molar refractivity (Wildman–Crippen MR) is 66.3 cm³/mol. The molecule has 2 unspecified atom stereocenters. The minimum absolute atomic E-state index is 0.485. The first kappa shape index (κ1) is 11.2. The van der Waals surface area contributed by atoms with Crippen molar-refractivity contribution in [2.75, 3.05) is 26.2 Å². The van der Waals surface area contributed by atoms with Gasteiger partial charge >= 0.3 is 0 Å².